The Morgan fingerprint density at radius 2 is 2.10 bits per heavy atom. The van der Waals surface area contributed by atoms with Gasteiger partial charge in [-0.3, -0.25) is 4.55 Å². The van der Waals surface area contributed by atoms with Crippen molar-refractivity contribution in [2.45, 2.75) is 32.6 Å². The van der Waals surface area contributed by atoms with Crippen LogP contribution in [0.1, 0.15) is 38.2 Å². The van der Waals surface area contributed by atoms with E-state index in [1.165, 1.54) is 12.8 Å². The summed E-state index contributed by atoms with van der Waals surface area (Å²) in [5, 5.41) is 3.58. The van der Waals surface area contributed by atoms with Crippen LogP contribution in [0, 0.1) is 0 Å². The van der Waals surface area contributed by atoms with Crippen LogP contribution in [0.4, 0.5) is 5.69 Å². The highest BCUT2D eigenvalue weighted by molar-refractivity contribution is 7.80. The predicted octanol–water partition coefficient (Wildman–Crippen LogP) is 2.61. The Bertz CT molecular complexity index is 613. The molecule has 0 fully saturated rings. The first-order valence-electron chi connectivity index (χ1n) is 7.08. The van der Waals surface area contributed by atoms with Crippen molar-refractivity contribution in [2.24, 2.45) is 5.16 Å². The fourth-order valence-corrected chi connectivity index (χ4v) is 2.65. The van der Waals surface area contributed by atoms with E-state index in [9.17, 15) is 8.42 Å². The van der Waals surface area contributed by atoms with Crippen molar-refractivity contribution in [2.75, 3.05) is 18.0 Å². The molecule has 1 aliphatic rings. The van der Waals surface area contributed by atoms with E-state index in [1.807, 2.05) is 24.3 Å². The average Bonchev–Trinajstić information content (AvgIpc) is 2.45. The molecule has 0 amide bonds. The molecule has 1 aliphatic heterocycles. The van der Waals surface area contributed by atoms with E-state index in [2.05, 4.69) is 21.3 Å². The van der Waals surface area contributed by atoms with Crippen molar-refractivity contribution < 1.29 is 17.3 Å². The maximum Gasteiger partial charge on any atom is 0.466 e. The highest BCUT2D eigenvalue weighted by Crippen LogP contribution is 2.27. The highest BCUT2D eigenvalue weighted by atomic mass is 32.3. The Morgan fingerprint density at radius 1 is 1.33 bits per heavy atom. The maximum absolute atomic E-state index is 10.6. The molecule has 1 N–H and O–H groups in total. The second-order valence-electron chi connectivity index (χ2n) is 5.00. The van der Waals surface area contributed by atoms with Crippen molar-refractivity contribution in [3.05, 3.63) is 29.8 Å². The van der Waals surface area contributed by atoms with E-state index in [0.29, 0.717) is 12.1 Å². The van der Waals surface area contributed by atoms with Gasteiger partial charge in [-0.05, 0) is 12.5 Å². The molecule has 0 radical (unpaired) electrons. The van der Waals surface area contributed by atoms with E-state index in [1.54, 1.807) is 0 Å². The lowest BCUT2D eigenvalue weighted by atomic mass is 9.99. The summed E-state index contributed by atoms with van der Waals surface area (Å²) in [6.45, 7) is 3.90. The van der Waals surface area contributed by atoms with Crippen LogP contribution in [0.25, 0.3) is 0 Å². The first-order valence-corrected chi connectivity index (χ1v) is 8.45. The lowest BCUT2D eigenvalue weighted by molar-refractivity contribution is 0.281. The molecule has 0 atom stereocenters. The first kappa shape index (κ1) is 15.8. The zero-order valence-electron chi connectivity index (χ0n) is 12.0. The quantitative estimate of drug-likeness (QED) is 0.496. The van der Waals surface area contributed by atoms with Crippen LogP contribution < -0.4 is 4.90 Å². The number of anilines is 1. The smallest absolute Gasteiger partial charge is 0.371 e. The zero-order valence-corrected chi connectivity index (χ0v) is 12.8. The number of nitrogens with zero attached hydrogens (tertiary/aromatic N) is 2. The summed E-state index contributed by atoms with van der Waals surface area (Å²) in [7, 11) is -4.56. The third-order valence-electron chi connectivity index (χ3n) is 3.45. The summed E-state index contributed by atoms with van der Waals surface area (Å²) in [5.74, 6) is 0. The molecule has 0 aromatic heterocycles. The number of fused-ring (bicyclic) bond motifs is 1. The van der Waals surface area contributed by atoms with E-state index in [0.717, 1.165) is 30.8 Å². The average molecular weight is 312 g/mol. The van der Waals surface area contributed by atoms with Crippen molar-refractivity contribution in [3.63, 3.8) is 0 Å². The summed E-state index contributed by atoms with van der Waals surface area (Å²) in [4.78, 5) is 2.28. The fourth-order valence-electron chi connectivity index (χ4n) is 2.46. The third-order valence-corrected chi connectivity index (χ3v) is 3.71. The number of hydrogen-bond acceptors (Lipinski definition) is 5. The minimum absolute atomic E-state index is 0.537. The lowest BCUT2D eigenvalue weighted by Crippen LogP contribution is -2.33. The maximum atomic E-state index is 10.6. The molecule has 21 heavy (non-hydrogen) atoms. The summed E-state index contributed by atoms with van der Waals surface area (Å²) in [6.07, 6.45) is 4.06. The number of benzene rings is 1. The van der Waals surface area contributed by atoms with Gasteiger partial charge in [0.2, 0.25) is 0 Å². The molecule has 0 saturated heterocycles. The lowest BCUT2D eigenvalue weighted by Gasteiger charge is -2.31. The van der Waals surface area contributed by atoms with Gasteiger partial charge >= 0.3 is 10.4 Å². The van der Waals surface area contributed by atoms with E-state index in [4.69, 9.17) is 4.55 Å². The molecular weight excluding hydrogens is 292 g/mol. The number of oxime groups is 1. The first-order chi connectivity index (χ1) is 10.0. The van der Waals surface area contributed by atoms with Crippen molar-refractivity contribution in [3.8, 4) is 0 Å². The second-order valence-corrected chi connectivity index (χ2v) is 6.01. The van der Waals surface area contributed by atoms with Crippen molar-refractivity contribution in [1.82, 2.24) is 0 Å². The predicted molar refractivity (Wildman–Crippen MR) is 82.0 cm³/mol. The molecule has 1 aromatic rings. The van der Waals surface area contributed by atoms with Crippen LogP contribution >= 0.6 is 0 Å². The van der Waals surface area contributed by atoms with E-state index in [-0.39, 0.29) is 0 Å². The van der Waals surface area contributed by atoms with Crippen LogP contribution in [0.3, 0.4) is 0 Å². The third kappa shape index (κ3) is 4.44. The number of unbranched alkanes of at least 4 members (excludes halogenated alkanes) is 2. The Labute approximate surface area is 125 Å². The largest absolute Gasteiger partial charge is 0.466 e. The van der Waals surface area contributed by atoms with E-state index < -0.39 is 10.4 Å². The molecule has 1 heterocycles. The minimum atomic E-state index is -4.56. The molecular formula is C14H20N2O4S. The molecule has 0 unspecified atom stereocenters. The van der Waals surface area contributed by atoms with Gasteiger partial charge in [0.25, 0.3) is 0 Å². The molecule has 0 aliphatic carbocycles. The van der Waals surface area contributed by atoms with Crippen LogP contribution in [-0.4, -0.2) is 31.8 Å². The highest BCUT2D eigenvalue weighted by Gasteiger charge is 2.22. The number of para-hydroxylation sites is 1. The standard InChI is InChI=1S/C14H20N2O4S/c1-2-3-6-10-16-11-9-13(15-20-21(17,18)19)12-7-4-5-8-14(12)16/h4-5,7-8H,2-3,6,9-11H2,1H3,(H,17,18,19). The van der Waals surface area contributed by atoms with Gasteiger partial charge in [0.05, 0.1) is 5.71 Å². The van der Waals surface area contributed by atoms with Crippen molar-refractivity contribution in [1.29, 1.82) is 0 Å². The number of rotatable bonds is 6. The van der Waals surface area contributed by atoms with Gasteiger partial charge < -0.3 is 4.90 Å². The number of hydrogen-bond donors (Lipinski definition) is 1. The van der Waals surface area contributed by atoms with Crippen LogP contribution in [-0.2, 0) is 14.7 Å². The Hall–Kier alpha value is -1.60. The summed E-state index contributed by atoms with van der Waals surface area (Å²) < 4.78 is 34.1. The van der Waals surface area contributed by atoms with Gasteiger partial charge in [0.15, 0.2) is 0 Å². The van der Waals surface area contributed by atoms with Crippen molar-refractivity contribution >= 4 is 21.8 Å². The van der Waals surface area contributed by atoms with Gasteiger partial charge in [-0.25, -0.2) is 4.28 Å². The Kier molecular flexibility index (Phi) is 5.19. The summed E-state index contributed by atoms with van der Waals surface area (Å²) in [6, 6.07) is 7.69. The molecule has 116 valence electrons. The molecule has 1 aromatic carbocycles. The molecule has 6 nitrogen and oxygen atoms in total. The van der Waals surface area contributed by atoms with Gasteiger partial charge in [0, 0.05) is 30.8 Å². The molecule has 0 spiro atoms. The van der Waals surface area contributed by atoms with Crippen LogP contribution in [0.2, 0.25) is 0 Å². The Morgan fingerprint density at radius 3 is 2.81 bits per heavy atom. The molecule has 0 saturated carbocycles. The Balaban J connectivity index is 2.20. The monoisotopic (exact) mass is 312 g/mol. The zero-order chi connectivity index (χ0) is 15.3. The topological polar surface area (TPSA) is 79.2 Å². The molecule has 0 bridgehead atoms. The molecule has 2 rings (SSSR count). The fraction of sp³-hybridized carbons (Fsp3) is 0.500. The van der Waals surface area contributed by atoms with Gasteiger partial charge in [-0.15, -0.1) is 0 Å². The minimum Gasteiger partial charge on any atom is -0.371 e. The van der Waals surface area contributed by atoms with Gasteiger partial charge in [0.1, 0.15) is 0 Å². The normalized spacial score (nSPS) is 16.9. The summed E-state index contributed by atoms with van der Waals surface area (Å²) in [5.41, 5.74) is 2.41. The molecule has 7 heteroatoms. The van der Waals surface area contributed by atoms with E-state index >= 15 is 0 Å². The second kappa shape index (κ2) is 6.91. The van der Waals surface area contributed by atoms with Crippen LogP contribution in [0.15, 0.2) is 29.4 Å². The summed E-state index contributed by atoms with van der Waals surface area (Å²) >= 11 is 0. The van der Waals surface area contributed by atoms with Gasteiger partial charge in [-0.1, -0.05) is 43.1 Å². The van der Waals surface area contributed by atoms with Crippen LogP contribution in [0.5, 0.6) is 0 Å². The SMILES string of the molecule is CCCCCN1CCC(=NOS(=O)(=O)O)c2ccccc21. The van der Waals surface area contributed by atoms with Gasteiger partial charge in [-0.2, -0.15) is 8.42 Å².